The van der Waals surface area contributed by atoms with Gasteiger partial charge >= 0.3 is 0 Å². The largest absolute Gasteiger partial charge is 0.467 e. The molecule has 1 aromatic carbocycles. The summed E-state index contributed by atoms with van der Waals surface area (Å²) in [6.07, 6.45) is 4.71. The molecule has 0 saturated carbocycles. The third kappa shape index (κ3) is 5.24. The fourth-order valence-corrected chi connectivity index (χ4v) is 3.54. The number of rotatable bonds is 10. The van der Waals surface area contributed by atoms with Gasteiger partial charge in [-0.1, -0.05) is 17.3 Å². The van der Waals surface area contributed by atoms with Crippen LogP contribution in [0.1, 0.15) is 17.4 Å². The Hall–Kier alpha value is -4.05. The van der Waals surface area contributed by atoms with Crippen molar-refractivity contribution in [2.75, 3.05) is 20.3 Å². The van der Waals surface area contributed by atoms with E-state index in [1.165, 1.54) is 15.8 Å². The normalized spacial score (nSPS) is 11.9. The summed E-state index contributed by atoms with van der Waals surface area (Å²) >= 11 is 0. The molecule has 33 heavy (non-hydrogen) atoms. The minimum Gasteiger partial charge on any atom is -0.467 e. The number of hydrogen-bond donors (Lipinski definition) is 1. The van der Waals surface area contributed by atoms with Crippen LogP contribution in [0.15, 0.2) is 71.6 Å². The van der Waals surface area contributed by atoms with Gasteiger partial charge in [0, 0.05) is 26.0 Å². The summed E-state index contributed by atoms with van der Waals surface area (Å²) in [7, 11) is 1.56. The van der Waals surface area contributed by atoms with Crippen LogP contribution in [0.5, 0.6) is 0 Å². The first-order valence-electron chi connectivity index (χ1n) is 10.4. The molecule has 0 bridgehead atoms. The van der Waals surface area contributed by atoms with Crippen LogP contribution in [0.3, 0.4) is 0 Å². The van der Waals surface area contributed by atoms with Gasteiger partial charge in [0.15, 0.2) is 0 Å². The standard InChI is InChI=1S/C23H24N6O4/c1-32-14-12-25-23(31)22(17-8-10-24-11-9-17)28(15-18-5-4-13-33-18)21(30)16-29-20-7-3-2-6-19(20)26-27-29/h2-11,13,22H,12,14-16H2,1H3,(H,25,31). The van der Waals surface area contributed by atoms with E-state index in [0.29, 0.717) is 30.0 Å². The van der Waals surface area contributed by atoms with Crippen LogP contribution < -0.4 is 5.32 Å². The van der Waals surface area contributed by atoms with Crippen molar-refractivity contribution in [1.82, 2.24) is 30.2 Å². The lowest BCUT2D eigenvalue weighted by Gasteiger charge is -2.30. The van der Waals surface area contributed by atoms with Gasteiger partial charge in [-0.25, -0.2) is 4.68 Å². The maximum Gasteiger partial charge on any atom is 0.247 e. The molecule has 4 aromatic rings. The highest BCUT2D eigenvalue weighted by Gasteiger charge is 2.32. The number of pyridine rings is 1. The number of carbonyl (C=O) groups is 2. The first-order chi connectivity index (χ1) is 16.2. The Balaban J connectivity index is 1.68. The summed E-state index contributed by atoms with van der Waals surface area (Å²) in [6.45, 7) is 0.677. The van der Waals surface area contributed by atoms with E-state index in [2.05, 4.69) is 20.6 Å². The Bertz CT molecular complexity index is 1190. The molecule has 0 saturated heterocycles. The fraction of sp³-hybridized carbons (Fsp3) is 0.261. The summed E-state index contributed by atoms with van der Waals surface area (Å²) in [6, 6.07) is 13.4. The zero-order valence-corrected chi connectivity index (χ0v) is 18.1. The summed E-state index contributed by atoms with van der Waals surface area (Å²) in [4.78, 5) is 32.4. The van der Waals surface area contributed by atoms with Gasteiger partial charge < -0.3 is 19.4 Å². The molecule has 0 aliphatic carbocycles. The predicted octanol–water partition coefficient (Wildman–Crippen LogP) is 1.95. The van der Waals surface area contributed by atoms with Crippen LogP contribution >= 0.6 is 0 Å². The van der Waals surface area contributed by atoms with Gasteiger partial charge in [0.2, 0.25) is 11.8 Å². The highest BCUT2D eigenvalue weighted by Crippen LogP contribution is 2.24. The van der Waals surface area contributed by atoms with Crippen LogP contribution in [-0.2, 0) is 27.4 Å². The SMILES string of the molecule is COCCNC(=O)C(c1ccncc1)N(Cc1ccco1)C(=O)Cn1nnc2ccccc21. The van der Waals surface area contributed by atoms with Crippen LogP contribution in [0.2, 0.25) is 0 Å². The van der Waals surface area contributed by atoms with Gasteiger partial charge in [0.25, 0.3) is 0 Å². The number of aromatic nitrogens is 4. The van der Waals surface area contributed by atoms with Crippen molar-refractivity contribution >= 4 is 22.8 Å². The molecule has 1 N–H and O–H groups in total. The Morgan fingerprint density at radius 1 is 1.15 bits per heavy atom. The number of furan rings is 1. The highest BCUT2D eigenvalue weighted by molar-refractivity contribution is 5.89. The number of ether oxygens (including phenoxy) is 1. The van der Waals surface area contributed by atoms with Gasteiger partial charge in [-0.3, -0.25) is 14.6 Å². The highest BCUT2D eigenvalue weighted by atomic mass is 16.5. The zero-order valence-electron chi connectivity index (χ0n) is 18.1. The van der Waals surface area contributed by atoms with Crippen molar-refractivity contribution in [3.8, 4) is 0 Å². The number of hydrogen-bond acceptors (Lipinski definition) is 7. The van der Waals surface area contributed by atoms with Crippen molar-refractivity contribution in [1.29, 1.82) is 0 Å². The second-order valence-corrected chi connectivity index (χ2v) is 7.30. The average molecular weight is 448 g/mol. The number of methoxy groups -OCH3 is 1. The van der Waals surface area contributed by atoms with E-state index in [4.69, 9.17) is 9.15 Å². The second kappa shape index (κ2) is 10.5. The Morgan fingerprint density at radius 2 is 1.97 bits per heavy atom. The van der Waals surface area contributed by atoms with Gasteiger partial charge in [0.1, 0.15) is 23.9 Å². The quantitative estimate of drug-likeness (QED) is 0.369. The van der Waals surface area contributed by atoms with E-state index < -0.39 is 6.04 Å². The van der Waals surface area contributed by atoms with Crippen LogP contribution in [0, 0.1) is 0 Å². The number of para-hydroxylation sites is 1. The van der Waals surface area contributed by atoms with E-state index in [0.717, 1.165) is 5.52 Å². The van der Waals surface area contributed by atoms with Crippen LogP contribution in [0.4, 0.5) is 0 Å². The van der Waals surface area contributed by atoms with Gasteiger partial charge in [0.05, 0.1) is 24.9 Å². The molecule has 1 unspecified atom stereocenters. The average Bonchev–Trinajstić information content (AvgIpc) is 3.50. The monoisotopic (exact) mass is 448 g/mol. The van der Waals surface area contributed by atoms with Crippen LogP contribution in [-0.4, -0.2) is 57.0 Å². The third-order valence-corrected chi connectivity index (χ3v) is 5.12. The van der Waals surface area contributed by atoms with E-state index in [1.807, 2.05) is 24.3 Å². The minimum atomic E-state index is -0.905. The Morgan fingerprint density at radius 3 is 2.73 bits per heavy atom. The molecule has 2 amide bonds. The topological polar surface area (TPSA) is 115 Å². The Kier molecular flexibility index (Phi) is 7.06. The van der Waals surface area contributed by atoms with Gasteiger partial charge in [-0.05, 0) is 42.0 Å². The molecule has 3 aromatic heterocycles. The van der Waals surface area contributed by atoms with Crippen LogP contribution in [0.25, 0.3) is 11.0 Å². The van der Waals surface area contributed by atoms with Gasteiger partial charge in [-0.2, -0.15) is 0 Å². The zero-order chi connectivity index (χ0) is 23.0. The number of amides is 2. The summed E-state index contributed by atoms with van der Waals surface area (Å²) in [5.74, 6) is -0.0945. The molecule has 1 atom stereocenters. The number of carbonyl (C=O) groups excluding carboxylic acids is 2. The molecule has 10 heteroatoms. The molecular formula is C23H24N6O4. The number of nitrogens with zero attached hydrogens (tertiary/aromatic N) is 5. The maximum atomic E-state index is 13.6. The maximum absolute atomic E-state index is 13.6. The first kappa shape index (κ1) is 22.2. The molecule has 10 nitrogen and oxygen atoms in total. The molecule has 4 rings (SSSR count). The summed E-state index contributed by atoms with van der Waals surface area (Å²) < 4.78 is 12.1. The summed E-state index contributed by atoms with van der Waals surface area (Å²) in [5, 5.41) is 11.1. The van der Waals surface area contributed by atoms with Gasteiger partial charge in [-0.15, -0.1) is 5.10 Å². The molecule has 0 aliphatic heterocycles. The molecule has 0 spiro atoms. The molecule has 170 valence electrons. The predicted molar refractivity (Wildman–Crippen MR) is 119 cm³/mol. The second-order valence-electron chi connectivity index (χ2n) is 7.30. The summed E-state index contributed by atoms with van der Waals surface area (Å²) in [5.41, 5.74) is 2.04. The lowest BCUT2D eigenvalue weighted by Crippen LogP contribution is -2.45. The number of fused-ring (bicyclic) bond motifs is 1. The van der Waals surface area contributed by atoms with E-state index in [1.54, 1.807) is 43.8 Å². The number of benzene rings is 1. The fourth-order valence-electron chi connectivity index (χ4n) is 3.54. The first-order valence-corrected chi connectivity index (χ1v) is 10.4. The molecule has 0 radical (unpaired) electrons. The third-order valence-electron chi connectivity index (χ3n) is 5.12. The van der Waals surface area contributed by atoms with E-state index >= 15 is 0 Å². The minimum absolute atomic E-state index is 0.0891. The number of nitrogens with one attached hydrogen (secondary N) is 1. The van der Waals surface area contributed by atoms with Crippen molar-refractivity contribution in [2.24, 2.45) is 0 Å². The van der Waals surface area contributed by atoms with Crippen molar-refractivity contribution < 1.29 is 18.7 Å². The smallest absolute Gasteiger partial charge is 0.247 e. The lowest BCUT2D eigenvalue weighted by atomic mass is 10.0. The Labute approximate surface area is 190 Å². The van der Waals surface area contributed by atoms with E-state index in [9.17, 15) is 9.59 Å². The van der Waals surface area contributed by atoms with Crippen molar-refractivity contribution in [2.45, 2.75) is 19.1 Å². The lowest BCUT2D eigenvalue weighted by molar-refractivity contribution is -0.142. The molecule has 0 aliphatic rings. The molecule has 3 heterocycles. The molecule has 0 fully saturated rings. The van der Waals surface area contributed by atoms with Crippen molar-refractivity contribution in [3.63, 3.8) is 0 Å². The molecular weight excluding hydrogens is 424 g/mol. The van der Waals surface area contributed by atoms with Crippen molar-refractivity contribution in [3.05, 3.63) is 78.5 Å². The van der Waals surface area contributed by atoms with E-state index in [-0.39, 0.29) is 24.9 Å².